The number of rotatable bonds is 66. The van der Waals surface area contributed by atoms with E-state index >= 15 is 0 Å². The number of esters is 2. The molecular weight excluding hydrogens is 1720 g/mol. The molecule has 1 aromatic heterocycles. The highest BCUT2D eigenvalue weighted by molar-refractivity contribution is 6.18. The van der Waals surface area contributed by atoms with E-state index in [9.17, 15) is 33.6 Å². The maximum atomic E-state index is 12.8. The lowest BCUT2D eigenvalue weighted by atomic mass is 9.96. The van der Waals surface area contributed by atoms with Gasteiger partial charge in [-0.05, 0) is 175 Å². The Morgan fingerprint density at radius 1 is 0.273 bits per heavy atom. The van der Waals surface area contributed by atoms with Gasteiger partial charge in [-0.2, -0.15) is 0 Å². The number of furan rings is 1. The van der Waals surface area contributed by atoms with Crippen LogP contribution in [0.15, 0.2) is 144 Å². The van der Waals surface area contributed by atoms with Crippen LogP contribution in [0.5, 0.6) is 0 Å². The summed E-state index contributed by atoms with van der Waals surface area (Å²) in [4.78, 5) is 84.2. The number of amides is 5. The Kier molecular flexibility index (Phi) is 76.3. The van der Waals surface area contributed by atoms with E-state index in [1.54, 1.807) is 0 Å². The first kappa shape index (κ1) is 126. The molecule has 0 fully saturated rings. The summed E-state index contributed by atoms with van der Waals surface area (Å²) in [5.74, 6) is 4.18. The SMILES string of the molecule is CCC(C)CN.CCC(C)CN.CCC(C)CNC(=O)c1c2ccccc2cc2ccccc12.CCC(C)CNC(=O)c1ccc2oc3ccccc3c2c1.CCC(C)CNC(=O)c1cccc2ccccc12.CCCCCCCCCCCCCCCCCC(=O)OCCCCCC(=O)NCC(C)CC.CCCCCCCCCCCCCCCCCC(=O)OCCCCCC(=O)NCC(C)CC. The first-order valence-electron chi connectivity index (χ1n) is 55.8. The molecule has 8 aromatic rings. The predicted molar refractivity (Wildman–Crippen MR) is 594 cm³/mol. The first-order valence-corrected chi connectivity index (χ1v) is 55.8. The van der Waals surface area contributed by atoms with E-state index < -0.39 is 0 Å². The minimum Gasteiger partial charge on any atom is -0.466 e. The second-order valence-electron chi connectivity index (χ2n) is 39.8. The van der Waals surface area contributed by atoms with Crippen LogP contribution >= 0.6 is 0 Å². The van der Waals surface area contributed by atoms with Crippen molar-refractivity contribution in [3.05, 3.63) is 156 Å². The lowest BCUT2D eigenvalue weighted by Crippen LogP contribution is -2.28. The van der Waals surface area contributed by atoms with Crippen molar-refractivity contribution in [2.24, 2.45) is 52.9 Å². The van der Waals surface area contributed by atoms with Crippen LogP contribution < -0.4 is 38.1 Å². The molecule has 7 aromatic carbocycles. The summed E-state index contributed by atoms with van der Waals surface area (Å²) in [7, 11) is 0. The number of para-hydroxylation sites is 1. The van der Waals surface area contributed by atoms with E-state index in [0.29, 0.717) is 99.0 Å². The standard InChI is InChI=1S/2C29H57NO3.C20H21NO.C18H19NO2.C16H19NO.2C5H13N/c2*1-4-6-7-8-9-10-11-12-13-14-15-16-17-18-21-24-29(32)33-25-22-19-20-23-28(31)30-26-27(3)5-2;1-3-14(2)13-21-20(22)19-17-10-6-4-8-15(17)12-16-9-5-7-11-18(16)19;1-3-12(2)11-19-18(20)13-8-9-17-15(10-13)14-6-4-5-7-16(14)21-17;1-3-12(2)11-17-16(18)15-10-6-8-13-7-4-5-9-14(13)15;2*1-3-5(2)4-6/h2*27H,4-26H2,1-3H3,(H,30,31);4-12,14H,3,13H2,1-2H3,(H,21,22);4-10,12H,3,11H2,1-2H3,(H,19,20);4-10,12H,3,11H2,1-2H3,(H,17,18);2*5H,3-4,6H2,1-2H3. The number of carbonyl (C=O) groups excluding carboxylic acids is 7. The molecule has 17 nitrogen and oxygen atoms in total. The van der Waals surface area contributed by atoms with Crippen LogP contribution in [0.4, 0.5) is 0 Å². The molecule has 0 aliphatic heterocycles. The van der Waals surface area contributed by atoms with Crippen molar-refractivity contribution in [3.63, 3.8) is 0 Å². The van der Waals surface area contributed by atoms with Gasteiger partial charge in [-0.1, -0.05) is 439 Å². The number of hydrogen-bond donors (Lipinski definition) is 7. The van der Waals surface area contributed by atoms with Crippen molar-refractivity contribution in [3.8, 4) is 0 Å². The summed E-state index contributed by atoms with van der Waals surface area (Å²) in [5.41, 5.74) is 14.5. The summed E-state index contributed by atoms with van der Waals surface area (Å²) in [5, 5.41) is 23.4. The fraction of sp³-hybridized carbons (Fsp3) is 0.648. The van der Waals surface area contributed by atoms with Gasteiger partial charge in [-0.3, -0.25) is 33.6 Å². The van der Waals surface area contributed by atoms with Gasteiger partial charge in [0.2, 0.25) is 11.8 Å². The number of fused-ring (bicyclic) bond motifs is 6. The van der Waals surface area contributed by atoms with E-state index in [4.69, 9.17) is 25.4 Å². The van der Waals surface area contributed by atoms with Gasteiger partial charge in [-0.15, -0.1) is 0 Å². The molecule has 17 heteroatoms. The summed E-state index contributed by atoms with van der Waals surface area (Å²) in [6, 6.07) is 45.6. The molecule has 1 heterocycles. The second kappa shape index (κ2) is 83.9. The Balaban J connectivity index is 0.000000577. The molecule has 7 unspecified atom stereocenters. The van der Waals surface area contributed by atoms with E-state index in [1.165, 1.54) is 180 Å². The van der Waals surface area contributed by atoms with Gasteiger partial charge in [0.25, 0.3) is 17.7 Å². The van der Waals surface area contributed by atoms with E-state index in [2.05, 4.69) is 156 Å². The van der Waals surface area contributed by atoms with Gasteiger partial charge >= 0.3 is 11.9 Å². The van der Waals surface area contributed by atoms with Crippen LogP contribution in [0.3, 0.4) is 0 Å². The number of nitrogens with one attached hydrogen (secondary N) is 5. The third kappa shape index (κ3) is 61.0. The zero-order chi connectivity index (χ0) is 102. The fourth-order valence-corrected chi connectivity index (χ4v) is 15.4. The van der Waals surface area contributed by atoms with Gasteiger partial charge in [0.15, 0.2) is 0 Å². The number of ether oxygens (including phenoxy) is 2. The Bertz CT molecular complexity index is 4310. The van der Waals surface area contributed by atoms with Crippen LogP contribution in [0, 0.1) is 41.4 Å². The molecule has 0 aliphatic rings. The van der Waals surface area contributed by atoms with Crippen molar-refractivity contribution in [1.82, 2.24) is 26.6 Å². The maximum Gasteiger partial charge on any atom is 0.305 e. The van der Waals surface area contributed by atoms with Gasteiger partial charge < -0.3 is 51.9 Å². The Hall–Kier alpha value is -8.67. The van der Waals surface area contributed by atoms with Crippen LogP contribution in [-0.2, 0) is 28.7 Å². The first-order chi connectivity index (χ1) is 67.4. The van der Waals surface area contributed by atoms with Crippen molar-refractivity contribution in [2.75, 3.05) is 59.0 Å². The minimum atomic E-state index is -0.0593. The highest BCUT2D eigenvalue weighted by Gasteiger charge is 2.18. The molecule has 139 heavy (non-hydrogen) atoms. The van der Waals surface area contributed by atoms with Crippen molar-refractivity contribution in [2.45, 2.75) is 413 Å². The maximum absolute atomic E-state index is 12.8. The van der Waals surface area contributed by atoms with Gasteiger partial charge in [-0.25, -0.2) is 0 Å². The van der Waals surface area contributed by atoms with E-state index in [0.717, 1.165) is 194 Å². The van der Waals surface area contributed by atoms with Crippen LogP contribution in [-0.4, -0.2) is 101 Å². The summed E-state index contributed by atoms with van der Waals surface area (Å²) in [6.07, 6.45) is 55.4. The van der Waals surface area contributed by atoms with Gasteiger partial charge in [0.1, 0.15) is 11.2 Å². The molecule has 0 aliphatic carbocycles. The average molecular weight is 1920 g/mol. The highest BCUT2D eigenvalue weighted by Crippen LogP contribution is 2.32. The van der Waals surface area contributed by atoms with Crippen molar-refractivity contribution in [1.29, 1.82) is 0 Å². The summed E-state index contributed by atoms with van der Waals surface area (Å²) in [6.45, 7) is 40.9. The van der Waals surface area contributed by atoms with Crippen LogP contribution in [0.2, 0.25) is 0 Å². The fourth-order valence-electron chi connectivity index (χ4n) is 15.4. The lowest BCUT2D eigenvalue weighted by Gasteiger charge is -2.14. The van der Waals surface area contributed by atoms with Crippen LogP contribution in [0.25, 0.3) is 54.3 Å². The second-order valence-corrected chi connectivity index (χ2v) is 39.8. The molecule has 0 bridgehead atoms. The zero-order valence-electron chi connectivity index (χ0n) is 90.7. The number of benzene rings is 7. The molecule has 5 amide bonds. The largest absolute Gasteiger partial charge is 0.466 e. The molecule has 9 N–H and O–H groups in total. The van der Waals surface area contributed by atoms with E-state index in [1.807, 2.05) is 121 Å². The molecular formula is C122H199N7O10. The number of carbonyl (C=O) groups is 7. The minimum absolute atomic E-state index is 0.0205. The number of nitrogens with two attached hydrogens (primary N) is 2. The lowest BCUT2D eigenvalue weighted by molar-refractivity contribution is -0.144. The molecule has 7 atom stereocenters. The molecule has 0 radical (unpaired) electrons. The normalized spacial score (nSPS) is 12.4. The highest BCUT2D eigenvalue weighted by atomic mass is 16.5. The van der Waals surface area contributed by atoms with Crippen LogP contribution in [0.1, 0.15) is 444 Å². The molecule has 8 rings (SSSR count). The Morgan fingerprint density at radius 3 is 0.950 bits per heavy atom. The molecule has 782 valence electrons. The molecule has 0 spiro atoms. The molecule has 0 saturated heterocycles. The topological polar surface area (TPSA) is 263 Å². The monoisotopic (exact) mass is 1920 g/mol. The van der Waals surface area contributed by atoms with Crippen molar-refractivity contribution >= 4 is 95.7 Å². The Morgan fingerprint density at radius 2 is 0.576 bits per heavy atom. The smallest absolute Gasteiger partial charge is 0.305 e. The quantitative estimate of drug-likeness (QED) is 0.0107. The zero-order valence-corrected chi connectivity index (χ0v) is 90.7. The third-order valence-electron chi connectivity index (χ3n) is 27.1. The summed E-state index contributed by atoms with van der Waals surface area (Å²) >= 11 is 0. The van der Waals surface area contributed by atoms with Crippen molar-refractivity contribution < 1.29 is 47.5 Å². The van der Waals surface area contributed by atoms with E-state index in [-0.39, 0.29) is 41.5 Å². The third-order valence-corrected chi connectivity index (χ3v) is 27.1. The molecule has 0 saturated carbocycles. The number of unbranched alkanes of at least 4 members (excludes halogenated alkanes) is 32. The average Bonchev–Trinajstić information content (AvgIpc) is 1.48. The van der Waals surface area contributed by atoms with Gasteiger partial charge in [0, 0.05) is 80.3 Å². The number of hydrogen-bond acceptors (Lipinski definition) is 12. The van der Waals surface area contributed by atoms with Gasteiger partial charge in [0.05, 0.1) is 18.8 Å². The Labute approximate surface area is 845 Å². The summed E-state index contributed by atoms with van der Waals surface area (Å²) < 4.78 is 16.4. The predicted octanol–water partition coefficient (Wildman–Crippen LogP) is 31.8.